The van der Waals surface area contributed by atoms with Gasteiger partial charge in [-0.1, -0.05) is 20.8 Å². The molecule has 0 heterocycles. The quantitative estimate of drug-likeness (QED) is 0.693. The monoisotopic (exact) mass is 202 g/mol. The van der Waals surface area contributed by atoms with Crippen LogP contribution in [0.3, 0.4) is 0 Å². The van der Waals surface area contributed by atoms with E-state index in [1.807, 2.05) is 34.6 Å². The Morgan fingerprint density at radius 2 is 1.79 bits per heavy atom. The maximum atomic E-state index is 11.6. The third-order valence-electron chi connectivity index (χ3n) is 2.46. The van der Waals surface area contributed by atoms with Crippen molar-refractivity contribution in [3.63, 3.8) is 0 Å². The molecule has 1 N–H and O–H groups in total. The lowest BCUT2D eigenvalue weighted by Crippen LogP contribution is -2.31. The molecule has 0 bridgehead atoms. The van der Waals surface area contributed by atoms with E-state index in [0.29, 0.717) is 0 Å². The van der Waals surface area contributed by atoms with Gasteiger partial charge in [0.15, 0.2) is 0 Å². The van der Waals surface area contributed by atoms with Crippen LogP contribution in [-0.2, 0) is 9.53 Å². The first-order valence-electron chi connectivity index (χ1n) is 5.03. The Bertz CT molecular complexity index is 195. The van der Waals surface area contributed by atoms with Gasteiger partial charge < -0.3 is 9.84 Å². The predicted molar refractivity (Wildman–Crippen MR) is 55.9 cm³/mol. The Morgan fingerprint density at radius 3 is 2.14 bits per heavy atom. The van der Waals surface area contributed by atoms with Crippen LogP contribution in [0, 0.1) is 10.8 Å². The molecule has 0 aliphatic rings. The third kappa shape index (κ3) is 4.09. The number of aliphatic hydroxyl groups is 1. The van der Waals surface area contributed by atoms with Crippen molar-refractivity contribution < 1.29 is 14.6 Å². The molecule has 0 radical (unpaired) electrons. The summed E-state index contributed by atoms with van der Waals surface area (Å²) in [6.07, 6.45) is 0.755. The molecule has 0 amide bonds. The van der Waals surface area contributed by atoms with Gasteiger partial charge in [0.2, 0.25) is 0 Å². The first-order valence-corrected chi connectivity index (χ1v) is 5.03. The van der Waals surface area contributed by atoms with Gasteiger partial charge in [-0.3, -0.25) is 4.79 Å². The van der Waals surface area contributed by atoms with Crippen molar-refractivity contribution in [2.24, 2.45) is 10.8 Å². The third-order valence-corrected chi connectivity index (χ3v) is 2.46. The maximum absolute atomic E-state index is 11.6. The van der Waals surface area contributed by atoms with Crippen LogP contribution < -0.4 is 0 Å². The lowest BCUT2D eigenvalue weighted by atomic mass is 9.90. The Labute approximate surface area is 86.5 Å². The van der Waals surface area contributed by atoms with Crippen molar-refractivity contribution in [3.8, 4) is 0 Å². The van der Waals surface area contributed by atoms with E-state index in [-0.39, 0.29) is 24.6 Å². The highest BCUT2D eigenvalue weighted by molar-refractivity contribution is 5.75. The molecule has 0 aromatic rings. The van der Waals surface area contributed by atoms with E-state index < -0.39 is 5.41 Å². The minimum atomic E-state index is -0.425. The summed E-state index contributed by atoms with van der Waals surface area (Å²) < 4.78 is 5.15. The molecule has 0 aliphatic carbocycles. The molecular weight excluding hydrogens is 180 g/mol. The maximum Gasteiger partial charge on any atom is 0.311 e. The van der Waals surface area contributed by atoms with E-state index in [1.54, 1.807) is 0 Å². The lowest BCUT2D eigenvalue weighted by Gasteiger charge is -2.25. The van der Waals surface area contributed by atoms with Crippen molar-refractivity contribution in [3.05, 3.63) is 0 Å². The number of carbonyl (C=O) groups is 1. The van der Waals surface area contributed by atoms with E-state index >= 15 is 0 Å². The standard InChI is InChI=1S/C11H22O3/c1-6-11(4,5)9(13)14-8-10(2,3)7-12/h12H,6-8H2,1-5H3. The van der Waals surface area contributed by atoms with Gasteiger partial charge in [0.1, 0.15) is 0 Å². The van der Waals surface area contributed by atoms with E-state index in [9.17, 15) is 4.79 Å². The van der Waals surface area contributed by atoms with Crippen LogP contribution in [0.2, 0.25) is 0 Å². The zero-order chi connectivity index (χ0) is 11.4. The highest BCUT2D eigenvalue weighted by Gasteiger charge is 2.29. The molecule has 0 spiro atoms. The van der Waals surface area contributed by atoms with Crippen LogP contribution in [0.4, 0.5) is 0 Å². The van der Waals surface area contributed by atoms with Crippen LogP contribution in [0.5, 0.6) is 0 Å². The number of ether oxygens (including phenoxy) is 1. The molecule has 0 aliphatic heterocycles. The van der Waals surface area contributed by atoms with Gasteiger partial charge in [-0.05, 0) is 20.3 Å². The summed E-state index contributed by atoms with van der Waals surface area (Å²) in [5.41, 5.74) is -0.773. The molecule has 0 unspecified atom stereocenters. The Morgan fingerprint density at radius 1 is 1.29 bits per heavy atom. The molecule has 0 saturated carbocycles. The fourth-order valence-electron chi connectivity index (χ4n) is 0.646. The van der Waals surface area contributed by atoms with E-state index in [4.69, 9.17) is 9.84 Å². The highest BCUT2D eigenvalue weighted by atomic mass is 16.5. The first-order chi connectivity index (χ1) is 6.25. The fraction of sp³-hybridized carbons (Fsp3) is 0.909. The molecule has 0 rings (SSSR count). The zero-order valence-electron chi connectivity index (χ0n) is 9.89. The number of hydrogen-bond acceptors (Lipinski definition) is 3. The van der Waals surface area contributed by atoms with Gasteiger partial charge in [0.25, 0.3) is 0 Å². The van der Waals surface area contributed by atoms with Crippen LogP contribution in [0.1, 0.15) is 41.0 Å². The second kappa shape index (κ2) is 4.78. The van der Waals surface area contributed by atoms with Crippen LogP contribution in [0.15, 0.2) is 0 Å². The topological polar surface area (TPSA) is 46.5 Å². The molecule has 0 aromatic heterocycles. The van der Waals surface area contributed by atoms with Gasteiger partial charge in [-0.2, -0.15) is 0 Å². The lowest BCUT2D eigenvalue weighted by molar-refractivity contribution is -0.158. The van der Waals surface area contributed by atoms with Crippen molar-refractivity contribution in [2.75, 3.05) is 13.2 Å². The smallest absolute Gasteiger partial charge is 0.311 e. The van der Waals surface area contributed by atoms with Crippen molar-refractivity contribution >= 4 is 5.97 Å². The molecule has 3 nitrogen and oxygen atoms in total. The summed E-state index contributed by atoms with van der Waals surface area (Å²) in [4.78, 5) is 11.6. The first kappa shape index (κ1) is 13.4. The fourth-order valence-corrected chi connectivity index (χ4v) is 0.646. The largest absolute Gasteiger partial charge is 0.465 e. The molecule has 0 atom stereocenters. The number of esters is 1. The van der Waals surface area contributed by atoms with E-state index in [2.05, 4.69) is 0 Å². The summed E-state index contributed by atoms with van der Waals surface area (Å²) in [5, 5.41) is 8.98. The van der Waals surface area contributed by atoms with Crippen molar-refractivity contribution in [2.45, 2.75) is 41.0 Å². The molecule has 84 valence electrons. The molecule has 0 aromatic carbocycles. The van der Waals surface area contributed by atoms with Crippen LogP contribution >= 0.6 is 0 Å². The number of aliphatic hydroxyl groups excluding tert-OH is 1. The highest BCUT2D eigenvalue weighted by Crippen LogP contribution is 2.23. The van der Waals surface area contributed by atoms with E-state index in [1.165, 1.54) is 0 Å². The normalized spacial score (nSPS) is 12.7. The summed E-state index contributed by atoms with van der Waals surface area (Å²) >= 11 is 0. The average Bonchev–Trinajstić information content (AvgIpc) is 2.14. The SMILES string of the molecule is CCC(C)(C)C(=O)OCC(C)(C)CO. The summed E-state index contributed by atoms with van der Waals surface area (Å²) in [7, 11) is 0. The number of rotatable bonds is 5. The summed E-state index contributed by atoms with van der Waals surface area (Å²) in [6.45, 7) is 9.69. The van der Waals surface area contributed by atoms with Gasteiger partial charge >= 0.3 is 5.97 Å². The molecule has 3 heteroatoms. The van der Waals surface area contributed by atoms with Gasteiger partial charge in [-0.25, -0.2) is 0 Å². The van der Waals surface area contributed by atoms with Crippen LogP contribution in [-0.4, -0.2) is 24.3 Å². The molecule has 0 fully saturated rings. The molecule has 0 saturated heterocycles. The van der Waals surface area contributed by atoms with Gasteiger partial charge in [-0.15, -0.1) is 0 Å². The van der Waals surface area contributed by atoms with Gasteiger partial charge in [0, 0.05) is 5.41 Å². The van der Waals surface area contributed by atoms with Crippen LogP contribution in [0.25, 0.3) is 0 Å². The second-order valence-electron chi connectivity index (χ2n) is 5.14. The second-order valence-corrected chi connectivity index (χ2v) is 5.14. The Kier molecular flexibility index (Phi) is 4.59. The number of hydrogen-bond donors (Lipinski definition) is 1. The van der Waals surface area contributed by atoms with Crippen molar-refractivity contribution in [1.82, 2.24) is 0 Å². The Balaban J connectivity index is 4.10. The van der Waals surface area contributed by atoms with Gasteiger partial charge in [0.05, 0.1) is 18.6 Å². The minimum Gasteiger partial charge on any atom is -0.465 e. The summed E-state index contributed by atoms with van der Waals surface area (Å²) in [6, 6.07) is 0. The average molecular weight is 202 g/mol. The summed E-state index contributed by atoms with van der Waals surface area (Å²) in [5.74, 6) is -0.193. The Hall–Kier alpha value is -0.570. The minimum absolute atomic E-state index is 0.0207. The predicted octanol–water partition coefficient (Wildman–Crippen LogP) is 1.98. The number of carbonyl (C=O) groups excluding carboxylic acids is 1. The molecule has 14 heavy (non-hydrogen) atoms. The molecular formula is C11H22O3. The van der Waals surface area contributed by atoms with Crippen molar-refractivity contribution in [1.29, 1.82) is 0 Å². The van der Waals surface area contributed by atoms with E-state index in [0.717, 1.165) is 6.42 Å². The zero-order valence-corrected chi connectivity index (χ0v) is 9.89.